The maximum absolute atomic E-state index is 5.83. The fraction of sp³-hybridized carbons (Fsp3) is 0.500. The van der Waals surface area contributed by atoms with Crippen LogP contribution in [0.1, 0.15) is 18.5 Å². The zero-order chi connectivity index (χ0) is 7.03. The second-order valence-corrected chi connectivity index (χ2v) is 2.65. The zero-order valence-electron chi connectivity index (χ0n) is 5.49. The molecule has 4 heteroatoms. The summed E-state index contributed by atoms with van der Waals surface area (Å²) in [4.78, 5) is 3.84. The minimum Gasteiger partial charge on any atom is -0.320 e. The van der Waals surface area contributed by atoms with E-state index in [1.807, 2.05) is 0 Å². The molecule has 0 aromatic carbocycles. The Labute approximate surface area is 58.5 Å². The number of aromatic nitrogens is 3. The van der Waals surface area contributed by atoms with Crippen LogP contribution < -0.4 is 5.73 Å². The first-order valence-corrected chi connectivity index (χ1v) is 3.23. The lowest BCUT2D eigenvalue weighted by Gasteiger charge is -2.03. The summed E-state index contributed by atoms with van der Waals surface area (Å²) in [7, 11) is 0. The van der Waals surface area contributed by atoms with Gasteiger partial charge in [0.05, 0.1) is 11.7 Å². The van der Waals surface area contributed by atoms with E-state index in [2.05, 4.69) is 15.2 Å². The van der Waals surface area contributed by atoms with E-state index in [1.54, 1.807) is 6.20 Å². The van der Waals surface area contributed by atoms with Gasteiger partial charge in [-0.2, -0.15) is 5.10 Å². The largest absolute Gasteiger partial charge is 0.320 e. The van der Waals surface area contributed by atoms with Crippen LogP contribution >= 0.6 is 0 Å². The van der Waals surface area contributed by atoms with E-state index in [-0.39, 0.29) is 5.54 Å². The molecule has 0 amide bonds. The highest BCUT2D eigenvalue weighted by Gasteiger charge is 2.41. The molecule has 1 aliphatic carbocycles. The molecule has 0 aliphatic heterocycles. The fourth-order valence-electron chi connectivity index (χ4n) is 0.867. The summed E-state index contributed by atoms with van der Waals surface area (Å²) >= 11 is 0. The lowest BCUT2D eigenvalue weighted by atomic mass is 10.2. The Morgan fingerprint density at radius 1 is 1.50 bits per heavy atom. The third-order valence-corrected chi connectivity index (χ3v) is 1.78. The van der Waals surface area contributed by atoms with Crippen molar-refractivity contribution in [3.8, 4) is 0 Å². The average molecular weight is 136 g/mol. The molecule has 4 nitrogen and oxygen atoms in total. The van der Waals surface area contributed by atoms with E-state index in [0.717, 1.165) is 18.5 Å². The molecule has 0 saturated heterocycles. The predicted octanol–water partition coefficient (Wildman–Crippen LogP) is -0.181. The SMILES string of the molecule is NC1(c2cncnn2)CC1. The molecule has 0 radical (unpaired) electrons. The highest BCUT2D eigenvalue weighted by atomic mass is 15.1. The summed E-state index contributed by atoms with van der Waals surface area (Å²) in [6.45, 7) is 0. The van der Waals surface area contributed by atoms with Crippen molar-refractivity contribution in [2.24, 2.45) is 5.73 Å². The maximum Gasteiger partial charge on any atom is 0.138 e. The van der Waals surface area contributed by atoms with Crippen molar-refractivity contribution < 1.29 is 0 Å². The summed E-state index contributed by atoms with van der Waals surface area (Å²) in [6, 6.07) is 0. The Kier molecular flexibility index (Phi) is 0.990. The van der Waals surface area contributed by atoms with Gasteiger partial charge >= 0.3 is 0 Å². The average Bonchev–Trinajstić information content (AvgIpc) is 2.72. The van der Waals surface area contributed by atoms with Crippen LogP contribution in [-0.4, -0.2) is 15.2 Å². The fourth-order valence-corrected chi connectivity index (χ4v) is 0.867. The van der Waals surface area contributed by atoms with Gasteiger partial charge in [0.15, 0.2) is 0 Å². The first-order valence-electron chi connectivity index (χ1n) is 3.23. The van der Waals surface area contributed by atoms with E-state index < -0.39 is 0 Å². The predicted molar refractivity (Wildman–Crippen MR) is 34.9 cm³/mol. The smallest absolute Gasteiger partial charge is 0.138 e. The van der Waals surface area contributed by atoms with Gasteiger partial charge in [0.2, 0.25) is 0 Å². The molecule has 1 heterocycles. The van der Waals surface area contributed by atoms with E-state index in [9.17, 15) is 0 Å². The van der Waals surface area contributed by atoms with Crippen LogP contribution in [0.5, 0.6) is 0 Å². The molecule has 1 aromatic rings. The van der Waals surface area contributed by atoms with Gasteiger partial charge in [0.1, 0.15) is 12.0 Å². The molecule has 0 atom stereocenters. The molecule has 10 heavy (non-hydrogen) atoms. The van der Waals surface area contributed by atoms with Gasteiger partial charge in [-0.05, 0) is 12.8 Å². The highest BCUT2D eigenvalue weighted by molar-refractivity contribution is 5.17. The first kappa shape index (κ1) is 5.73. The first-order chi connectivity index (χ1) is 4.81. The van der Waals surface area contributed by atoms with Crippen molar-refractivity contribution in [3.63, 3.8) is 0 Å². The second-order valence-electron chi connectivity index (χ2n) is 2.65. The molecule has 0 spiro atoms. The summed E-state index contributed by atoms with van der Waals surface area (Å²) in [5.74, 6) is 0. The Hall–Kier alpha value is -1.03. The number of nitrogens with two attached hydrogens (primary N) is 1. The standard InChI is InChI=1S/C6H8N4/c7-6(1-2-6)5-3-8-4-9-10-5/h3-4H,1-2,7H2. The van der Waals surface area contributed by atoms with Gasteiger partial charge in [-0.15, -0.1) is 5.10 Å². The topological polar surface area (TPSA) is 64.7 Å². The molecule has 0 bridgehead atoms. The Bertz CT molecular complexity index is 229. The van der Waals surface area contributed by atoms with Gasteiger partial charge in [-0.25, -0.2) is 4.98 Å². The van der Waals surface area contributed by atoms with Crippen LogP contribution in [0, 0.1) is 0 Å². The Morgan fingerprint density at radius 2 is 2.30 bits per heavy atom. The van der Waals surface area contributed by atoms with Gasteiger partial charge in [0.25, 0.3) is 0 Å². The molecule has 1 fully saturated rings. The molecule has 0 unspecified atom stereocenters. The second kappa shape index (κ2) is 1.73. The van der Waals surface area contributed by atoms with E-state index in [1.165, 1.54) is 6.33 Å². The highest BCUT2D eigenvalue weighted by Crippen LogP contribution is 2.40. The summed E-state index contributed by atoms with van der Waals surface area (Å²) < 4.78 is 0. The number of hydrogen-bond donors (Lipinski definition) is 1. The number of nitrogens with zero attached hydrogens (tertiary/aromatic N) is 3. The number of rotatable bonds is 1. The van der Waals surface area contributed by atoms with E-state index in [4.69, 9.17) is 5.73 Å². The molecule has 1 aromatic heterocycles. The van der Waals surface area contributed by atoms with Crippen LogP contribution in [0.15, 0.2) is 12.5 Å². The van der Waals surface area contributed by atoms with Gasteiger partial charge in [-0.3, -0.25) is 0 Å². The van der Waals surface area contributed by atoms with Crippen molar-refractivity contribution in [2.75, 3.05) is 0 Å². The number of hydrogen-bond acceptors (Lipinski definition) is 4. The van der Waals surface area contributed by atoms with Crippen LogP contribution in [-0.2, 0) is 5.54 Å². The lowest BCUT2D eigenvalue weighted by Crippen LogP contribution is -2.20. The van der Waals surface area contributed by atoms with Crippen LogP contribution in [0.3, 0.4) is 0 Å². The van der Waals surface area contributed by atoms with Crippen molar-refractivity contribution >= 4 is 0 Å². The van der Waals surface area contributed by atoms with Crippen LogP contribution in [0.25, 0.3) is 0 Å². The van der Waals surface area contributed by atoms with Crippen LogP contribution in [0.2, 0.25) is 0 Å². The molecule has 1 aliphatic rings. The monoisotopic (exact) mass is 136 g/mol. The molecule has 1 saturated carbocycles. The Balaban J connectivity index is 2.35. The minimum atomic E-state index is -0.193. The lowest BCUT2D eigenvalue weighted by molar-refractivity contribution is 0.676. The van der Waals surface area contributed by atoms with Crippen LogP contribution in [0.4, 0.5) is 0 Å². The minimum absolute atomic E-state index is 0.193. The summed E-state index contributed by atoms with van der Waals surface area (Å²) in [5, 5.41) is 7.53. The Morgan fingerprint density at radius 3 is 2.80 bits per heavy atom. The molecule has 2 N–H and O–H groups in total. The quantitative estimate of drug-likeness (QED) is 0.581. The summed E-state index contributed by atoms with van der Waals surface area (Å²) in [6.07, 6.45) is 5.11. The maximum atomic E-state index is 5.83. The molecule has 2 rings (SSSR count). The normalized spacial score (nSPS) is 20.5. The third-order valence-electron chi connectivity index (χ3n) is 1.78. The van der Waals surface area contributed by atoms with Crippen molar-refractivity contribution in [2.45, 2.75) is 18.4 Å². The van der Waals surface area contributed by atoms with Gasteiger partial charge in [0, 0.05) is 0 Å². The molecular formula is C6H8N4. The van der Waals surface area contributed by atoms with Gasteiger partial charge in [-0.1, -0.05) is 0 Å². The molecule has 52 valence electrons. The van der Waals surface area contributed by atoms with Gasteiger partial charge < -0.3 is 5.73 Å². The van der Waals surface area contributed by atoms with Crippen molar-refractivity contribution in [1.82, 2.24) is 15.2 Å². The van der Waals surface area contributed by atoms with E-state index >= 15 is 0 Å². The van der Waals surface area contributed by atoms with E-state index in [0.29, 0.717) is 0 Å². The molecular weight excluding hydrogens is 128 g/mol. The van der Waals surface area contributed by atoms with Crippen molar-refractivity contribution in [1.29, 1.82) is 0 Å². The zero-order valence-corrected chi connectivity index (χ0v) is 5.49. The summed E-state index contributed by atoms with van der Waals surface area (Å²) in [5.41, 5.74) is 6.45. The van der Waals surface area contributed by atoms with Crippen molar-refractivity contribution in [3.05, 3.63) is 18.2 Å². The third kappa shape index (κ3) is 0.769.